The molecule has 0 saturated heterocycles. The van der Waals surface area contributed by atoms with Crippen molar-refractivity contribution in [2.45, 2.75) is 18.2 Å². The molecule has 7 heteroatoms. The zero-order chi connectivity index (χ0) is 19.3. The van der Waals surface area contributed by atoms with Crippen LogP contribution in [0.3, 0.4) is 0 Å². The molecule has 0 heterocycles. The van der Waals surface area contributed by atoms with Crippen molar-refractivity contribution in [3.05, 3.63) is 71.8 Å². The van der Waals surface area contributed by atoms with Crippen LogP contribution in [0.4, 0.5) is 8.78 Å². The predicted molar refractivity (Wildman–Crippen MR) is 94.9 cm³/mol. The van der Waals surface area contributed by atoms with Gasteiger partial charge in [0.05, 0.1) is 11.5 Å². The highest BCUT2D eigenvalue weighted by Crippen LogP contribution is 2.25. The number of allylic oxidation sites excluding steroid dienone is 1. The second kappa shape index (κ2) is 8.53. The summed E-state index contributed by atoms with van der Waals surface area (Å²) in [4.78, 5) is 0.0168. The lowest BCUT2D eigenvalue weighted by atomic mass is 9.96. The van der Waals surface area contributed by atoms with Gasteiger partial charge in [-0.15, -0.1) is 0 Å². The zero-order valence-electron chi connectivity index (χ0n) is 14.3. The van der Waals surface area contributed by atoms with Crippen LogP contribution < -0.4 is 0 Å². The molecule has 26 heavy (non-hydrogen) atoms. The Hall–Kier alpha value is -2.09. The topological polar surface area (TPSA) is 63.6 Å². The van der Waals surface area contributed by atoms with Crippen LogP contribution in [-0.2, 0) is 14.3 Å². The summed E-state index contributed by atoms with van der Waals surface area (Å²) in [5.41, 5.74) is 1.35. The largest absolute Gasteiger partial charge is 0.396 e. The molecule has 4 nitrogen and oxygen atoms in total. The van der Waals surface area contributed by atoms with Gasteiger partial charge < -0.3 is 5.11 Å². The number of rotatable bonds is 8. The predicted octanol–water partition coefficient (Wildman–Crippen LogP) is 3.69. The molecular formula is C19H20F2O4S. The fraction of sp³-hybridized carbons (Fsp3) is 0.263. The highest BCUT2D eigenvalue weighted by molar-refractivity contribution is 7.86. The van der Waals surface area contributed by atoms with E-state index in [-0.39, 0.29) is 30.1 Å². The van der Waals surface area contributed by atoms with E-state index in [4.69, 9.17) is 4.18 Å². The maximum absolute atomic E-state index is 13.8. The van der Waals surface area contributed by atoms with Crippen molar-refractivity contribution in [2.75, 3.05) is 13.2 Å². The Morgan fingerprint density at radius 1 is 1.19 bits per heavy atom. The molecule has 0 saturated carbocycles. The summed E-state index contributed by atoms with van der Waals surface area (Å²) in [6, 6.07) is 9.28. The third-order valence-corrected chi connectivity index (χ3v) is 5.17. The Balaban J connectivity index is 2.02. The van der Waals surface area contributed by atoms with Crippen LogP contribution in [0.1, 0.15) is 17.5 Å². The summed E-state index contributed by atoms with van der Waals surface area (Å²) in [6.45, 7) is 4.92. The first kappa shape index (κ1) is 20.2. The van der Waals surface area contributed by atoms with Gasteiger partial charge in [0.1, 0.15) is 11.6 Å². The standard InChI is InChI=1S/C19H20F2O4S/c1-13-3-6-17(7-4-13)26(23,24)25-12-15(11-22)9-14(2)18-8-5-16(20)10-19(18)21/h3-8,10,15,22H,2,9,11-12H2,1H3. The van der Waals surface area contributed by atoms with Gasteiger partial charge in [0.25, 0.3) is 10.1 Å². The van der Waals surface area contributed by atoms with E-state index in [0.29, 0.717) is 5.57 Å². The number of aliphatic hydroxyl groups is 1. The summed E-state index contributed by atoms with van der Waals surface area (Å²) in [5.74, 6) is -2.07. The Bertz CT molecular complexity index is 877. The van der Waals surface area contributed by atoms with Gasteiger partial charge in [0, 0.05) is 24.2 Å². The summed E-state index contributed by atoms with van der Waals surface area (Å²) in [7, 11) is -3.96. The van der Waals surface area contributed by atoms with Crippen molar-refractivity contribution in [1.29, 1.82) is 0 Å². The fourth-order valence-corrected chi connectivity index (χ4v) is 3.35. The number of hydrogen-bond donors (Lipinski definition) is 1. The highest BCUT2D eigenvalue weighted by Gasteiger charge is 2.20. The van der Waals surface area contributed by atoms with Gasteiger partial charge in [0.2, 0.25) is 0 Å². The normalized spacial score (nSPS) is 12.8. The van der Waals surface area contributed by atoms with E-state index in [9.17, 15) is 22.3 Å². The Morgan fingerprint density at radius 3 is 2.42 bits per heavy atom. The van der Waals surface area contributed by atoms with Crippen molar-refractivity contribution in [2.24, 2.45) is 5.92 Å². The Labute approximate surface area is 151 Å². The van der Waals surface area contributed by atoms with Crippen molar-refractivity contribution in [3.63, 3.8) is 0 Å². The second-order valence-electron chi connectivity index (χ2n) is 6.03. The summed E-state index contributed by atoms with van der Waals surface area (Å²) in [5, 5.41) is 9.47. The molecule has 0 aliphatic rings. The molecule has 0 fully saturated rings. The lowest BCUT2D eigenvalue weighted by Gasteiger charge is -2.16. The zero-order valence-corrected chi connectivity index (χ0v) is 15.1. The number of halogens is 2. The lowest BCUT2D eigenvalue weighted by molar-refractivity contribution is 0.169. The number of benzene rings is 2. The third kappa shape index (κ3) is 5.20. The Kier molecular flexibility index (Phi) is 6.63. The molecule has 1 unspecified atom stereocenters. The monoisotopic (exact) mass is 382 g/mol. The third-order valence-electron chi connectivity index (χ3n) is 3.87. The van der Waals surface area contributed by atoms with E-state index >= 15 is 0 Å². The van der Waals surface area contributed by atoms with Crippen molar-refractivity contribution < 1.29 is 26.5 Å². The minimum Gasteiger partial charge on any atom is -0.396 e. The SMILES string of the molecule is C=C(CC(CO)COS(=O)(=O)c1ccc(C)cc1)c1ccc(F)cc1F. The average molecular weight is 382 g/mol. The molecule has 2 rings (SSSR count). The first-order valence-corrected chi connectivity index (χ1v) is 9.34. The van der Waals surface area contributed by atoms with Gasteiger partial charge in [-0.25, -0.2) is 8.78 Å². The first-order valence-electron chi connectivity index (χ1n) is 7.93. The number of aryl methyl sites for hydroxylation is 1. The fourth-order valence-electron chi connectivity index (χ4n) is 2.37. The highest BCUT2D eigenvalue weighted by atomic mass is 32.2. The molecule has 0 aromatic heterocycles. The lowest BCUT2D eigenvalue weighted by Crippen LogP contribution is -2.18. The molecule has 1 N–H and O–H groups in total. The van der Waals surface area contributed by atoms with E-state index in [1.54, 1.807) is 12.1 Å². The second-order valence-corrected chi connectivity index (χ2v) is 7.65. The van der Waals surface area contributed by atoms with Gasteiger partial charge in [-0.05, 0) is 43.2 Å². The molecular weight excluding hydrogens is 362 g/mol. The summed E-state index contributed by atoms with van der Waals surface area (Å²) in [6.07, 6.45) is 0.0997. The van der Waals surface area contributed by atoms with Crippen molar-refractivity contribution in [3.8, 4) is 0 Å². The minimum atomic E-state index is -3.96. The smallest absolute Gasteiger partial charge is 0.296 e. The van der Waals surface area contributed by atoms with Crippen LogP contribution in [-0.4, -0.2) is 26.7 Å². The van der Waals surface area contributed by atoms with Gasteiger partial charge in [-0.2, -0.15) is 8.42 Å². The van der Waals surface area contributed by atoms with Crippen LogP contribution in [0.15, 0.2) is 53.9 Å². The van der Waals surface area contributed by atoms with Gasteiger partial charge >= 0.3 is 0 Å². The quantitative estimate of drug-likeness (QED) is 0.708. The van der Waals surface area contributed by atoms with E-state index in [1.807, 2.05) is 6.92 Å². The molecule has 0 spiro atoms. The van der Waals surface area contributed by atoms with Gasteiger partial charge in [-0.3, -0.25) is 4.18 Å². The number of aliphatic hydroxyl groups excluding tert-OH is 1. The maximum Gasteiger partial charge on any atom is 0.296 e. The van der Waals surface area contributed by atoms with Crippen LogP contribution in [0.5, 0.6) is 0 Å². The van der Waals surface area contributed by atoms with Gasteiger partial charge in [-0.1, -0.05) is 24.3 Å². The average Bonchev–Trinajstić information content (AvgIpc) is 2.58. The molecule has 0 bridgehead atoms. The molecule has 0 aliphatic heterocycles. The van der Waals surface area contributed by atoms with E-state index < -0.39 is 27.7 Å². The molecule has 0 radical (unpaired) electrons. The molecule has 140 valence electrons. The molecule has 2 aromatic rings. The molecule has 0 aliphatic carbocycles. The van der Waals surface area contributed by atoms with Crippen LogP contribution >= 0.6 is 0 Å². The minimum absolute atomic E-state index is 0.0168. The Morgan fingerprint density at radius 2 is 1.85 bits per heavy atom. The van der Waals surface area contributed by atoms with E-state index in [2.05, 4.69) is 6.58 Å². The molecule has 0 amide bonds. The first-order chi connectivity index (χ1) is 12.2. The van der Waals surface area contributed by atoms with Crippen molar-refractivity contribution in [1.82, 2.24) is 0 Å². The van der Waals surface area contributed by atoms with Crippen LogP contribution in [0, 0.1) is 24.5 Å². The van der Waals surface area contributed by atoms with Crippen molar-refractivity contribution >= 4 is 15.7 Å². The molecule has 2 aromatic carbocycles. The van der Waals surface area contributed by atoms with Crippen LogP contribution in [0.25, 0.3) is 5.57 Å². The van der Waals surface area contributed by atoms with E-state index in [0.717, 1.165) is 17.7 Å². The summed E-state index contributed by atoms with van der Waals surface area (Å²) >= 11 is 0. The summed E-state index contributed by atoms with van der Waals surface area (Å²) < 4.78 is 56.2. The maximum atomic E-state index is 13.8. The van der Waals surface area contributed by atoms with E-state index in [1.165, 1.54) is 18.2 Å². The van der Waals surface area contributed by atoms with Crippen LogP contribution in [0.2, 0.25) is 0 Å². The number of hydrogen-bond acceptors (Lipinski definition) is 4. The van der Waals surface area contributed by atoms with Gasteiger partial charge in [0.15, 0.2) is 0 Å². The molecule has 1 atom stereocenters.